The Kier molecular flexibility index (Phi) is 3.67. The molecule has 0 bridgehead atoms. The topological polar surface area (TPSA) is 75.9 Å². The third kappa shape index (κ3) is 2.48. The molecule has 1 aromatic carbocycles. The number of benzene rings is 1. The highest BCUT2D eigenvalue weighted by Gasteiger charge is 2.32. The Labute approximate surface area is 152 Å². The van der Waals surface area contributed by atoms with E-state index in [1.807, 2.05) is 25.4 Å². The van der Waals surface area contributed by atoms with Crippen LogP contribution in [0.25, 0.3) is 11.0 Å². The fourth-order valence-corrected chi connectivity index (χ4v) is 4.41. The van der Waals surface area contributed by atoms with Crippen LogP contribution in [0.5, 0.6) is 0 Å². The Morgan fingerprint density at radius 1 is 1.15 bits per heavy atom. The fraction of sp³-hybridized carbons (Fsp3) is 0.450. The molecule has 6 nitrogen and oxygen atoms in total. The number of nitrogens with one attached hydrogen (secondary N) is 1. The van der Waals surface area contributed by atoms with E-state index < -0.39 is 6.10 Å². The molecule has 2 aliphatic carbocycles. The third-order valence-corrected chi connectivity index (χ3v) is 5.83. The molecule has 0 spiro atoms. The summed E-state index contributed by atoms with van der Waals surface area (Å²) in [6, 6.07) is 8.07. The minimum atomic E-state index is -0.455. The van der Waals surface area contributed by atoms with Gasteiger partial charge in [0.1, 0.15) is 11.6 Å². The van der Waals surface area contributed by atoms with Gasteiger partial charge in [0, 0.05) is 19.4 Å². The smallest absolute Gasteiger partial charge is 0.163 e. The van der Waals surface area contributed by atoms with E-state index in [0.717, 1.165) is 41.1 Å². The van der Waals surface area contributed by atoms with Gasteiger partial charge in [0.05, 0.1) is 23.7 Å². The standard InChI is InChI=1S/C20H23N5O/c1-25-20-15(11-21-25)19(23-18(24-20)12-6-2-3-7-12)22-17-14-9-5-4-8-13(14)10-16(17)26/h4-5,8-9,11-12,16-17,26H,2-3,6-7,10H2,1H3,(H,22,23,24)/t16-,17+/m0/s1. The van der Waals surface area contributed by atoms with Crippen molar-refractivity contribution in [3.05, 3.63) is 47.4 Å². The van der Waals surface area contributed by atoms with Gasteiger partial charge in [-0.15, -0.1) is 0 Å². The number of rotatable bonds is 3. The van der Waals surface area contributed by atoms with Gasteiger partial charge in [-0.3, -0.25) is 4.68 Å². The molecular formula is C20H23N5O. The van der Waals surface area contributed by atoms with Gasteiger partial charge in [-0.1, -0.05) is 37.1 Å². The molecule has 2 aliphatic rings. The number of anilines is 1. The Morgan fingerprint density at radius 3 is 2.81 bits per heavy atom. The summed E-state index contributed by atoms with van der Waals surface area (Å²) in [7, 11) is 1.91. The van der Waals surface area contributed by atoms with E-state index >= 15 is 0 Å². The molecule has 2 heterocycles. The van der Waals surface area contributed by atoms with E-state index in [1.54, 1.807) is 4.68 Å². The van der Waals surface area contributed by atoms with Crippen molar-refractivity contribution in [3.63, 3.8) is 0 Å². The first-order valence-corrected chi connectivity index (χ1v) is 9.43. The van der Waals surface area contributed by atoms with Gasteiger partial charge in [0.25, 0.3) is 0 Å². The zero-order valence-corrected chi connectivity index (χ0v) is 14.9. The Bertz CT molecular complexity index is 960. The van der Waals surface area contributed by atoms with Crippen molar-refractivity contribution < 1.29 is 5.11 Å². The van der Waals surface area contributed by atoms with Crippen LogP contribution in [0.3, 0.4) is 0 Å². The van der Waals surface area contributed by atoms with Gasteiger partial charge < -0.3 is 10.4 Å². The van der Waals surface area contributed by atoms with E-state index in [9.17, 15) is 5.11 Å². The van der Waals surface area contributed by atoms with E-state index in [-0.39, 0.29) is 6.04 Å². The predicted octanol–water partition coefficient (Wildman–Crippen LogP) is 3.09. The summed E-state index contributed by atoms with van der Waals surface area (Å²) in [6.07, 6.45) is 6.82. The van der Waals surface area contributed by atoms with Crippen molar-refractivity contribution in [3.8, 4) is 0 Å². The molecule has 1 fully saturated rings. The summed E-state index contributed by atoms with van der Waals surface area (Å²) < 4.78 is 1.81. The lowest BCUT2D eigenvalue weighted by atomic mass is 10.1. The summed E-state index contributed by atoms with van der Waals surface area (Å²) in [5, 5.41) is 19.4. The molecule has 1 saturated carbocycles. The summed E-state index contributed by atoms with van der Waals surface area (Å²) in [4.78, 5) is 9.68. The second-order valence-electron chi connectivity index (χ2n) is 7.51. The van der Waals surface area contributed by atoms with Crippen molar-refractivity contribution in [2.75, 3.05) is 5.32 Å². The number of aryl methyl sites for hydroxylation is 1. The zero-order chi connectivity index (χ0) is 17.7. The van der Waals surface area contributed by atoms with Gasteiger partial charge in [-0.25, -0.2) is 9.97 Å². The second-order valence-corrected chi connectivity index (χ2v) is 7.51. The van der Waals surface area contributed by atoms with Crippen LogP contribution in [0.4, 0.5) is 5.82 Å². The van der Waals surface area contributed by atoms with Gasteiger partial charge in [-0.2, -0.15) is 5.10 Å². The largest absolute Gasteiger partial charge is 0.390 e. The van der Waals surface area contributed by atoms with Crippen LogP contribution < -0.4 is 5.32 Å². The molecule has 2 N–H and O–H groups in total. The van der Waals surface area contributed by atoms with Crippen molar-refractivity contribution in [1.82, 2.24) is 19.7 Å². The van der Waals surface area contributed by atoms with Crippen molar-refractivity contribution in [2.45, 2.75) is 50.2 Å². The third-order valence-electron chi connectivity index (χ3n) is 5.83. The Hall–Kier alpha value is -2.47. The highest BCUT2D eigenvalue weighted by Crippen LogP contribution is 2.37. The minimum absolute atomic E-state index is 0.152. The molecule has 26 heavy (non-hydrogen) atoms. The van der Waals surface area contributed by atoms with E-state index in [2.05, 4.69) is 22.5 Å². The first-order valence-electron chi connectivity index (χ1n) is 9.43. The number of aliphatic hydroxyl groups excluding tert-OH is 1. The van der Waals surface area contributed by atoms with Crippen molar-refractivity contribution >= 4 is 16.9 Å². The second kappa shape index (κ2) is 6.06. The van der Waals surface area contributed by atoms with E-state index in [1.165, 1.54) is 18.4 Å². The maximum absolute atomic E-state index is 10.6. The van der Waals surface area contributed by atoms with E-state index in [4.69, 9.17) is 9.97 Å². The van der Waals surface area contributed by atoms with Crippen LogP contribution >= 0.6 is 0 Å². The molecule has 0 amide bonds. The number of hydrogen-bond donors (Lipinski definition) is 2. The minimum Gasteiger partial charge on any atom is -0.390 e. The van der Waals surface area contributed by atoms with Gasteiger partial charge >= 0.3 is 0 Å². The molecular weight excluding hydrogens is 326 g/mol. The number of nitrogens with zero attached hydrogens (tertiary/aromatic N) is 4. The molecule has 0 aliphatic heterocycles. The first-order chi connectivity index (χ1) is 12.7. The summed E-state index contributed by atoms with van der Waals surface area (Å²) in [5.41, 5.74) is 3.20. The molecule has 2 atom stereocenters. The van der Waals surface area contributed by atoms with Crippen LogP contribution in [0.1, 0.15) is 54.6 Å². The summed E-state index contributed by atoms with van der Waals surface area (Å²) >= 11 is 0. The maximum Gasteiger partial charge on any atom is 0.163 e. The predicted molar refractivity (Wildman–Crippen MR) is 100 cm³/mol. The fourth-order valence-electron chi connectivity index (χ4n) is 4.41. The summed E-state index contributed by atoms with van der Waals surface area (Å²) in [5.74, 6) is 2.11. The molecule has 6 heteroatoms. The molecule has 0 unspecified atom stereocenters. The van der Waals surface area contributed by atoms with Crippen molar-refractivity contribution in [1.29, 1.82) is 0 Å². The van der Waals surface area contributed by atoms with Crippen LogP contribution in [0.2, 0.25) is 0 Å². The molecule has 0 radical (unpaired) electrons. The normalized spacial score (nSPS) is 22.8. The number of fused-ring (bicyclic) bond motifs is 2. The average Bonchev–Trinajstić information content (AvgIpc) is 3.36. The highest BCUT2D eigenvalue weighted by molar-refractivity contribution is 5.86. The first kappa shape index (κ1) is 15.8. The quantitative estimate of drug-likeness (QED) is 0.760. The van der Waals surface area contributed by atoms with E-state index in [0.29, 0.717) is 12.3 Å². The monoisotopic (exact) mass is 349 g/mol. The SMILES string of the molecule is Cn1ncc2c(N[C@@H]3c4ccccc4C[C@@H]3O)nc(C3CCCC3)nc21. The number of aromatic nitrogens is 4. The van der Waals surface area contributed by atoms with Crippen LogP contribution in [0, 0.1) is 0 Å². The lowest BCUT2D eigenvalue weighted by molar-refractivity contribution is 0.165. The lowest BCUT2D eigenvalue weighted by Crippen LogP contribution is -2.22. The molecule has 134 valence electrons. The molecule has 5 rings (SSSR count). The maximum atomic E-state index is 10.6. The molecule has 3 aromatic rings. The number of hydrogen-bond acceptors (Lipinski definition) is 5. The zero-order valence-electron chi connectivity index (χ0n) is 14.9. The summed E-state index contributed by atoms with van der Waals surface area (Å²) in [6.45, 7) is 0. The van der Waals surface area contributed by atoms with Crippen LogP contribution in [0.15, 0.2) is 30.5 Å². The van der Waals surface area contributed by atoms with Gasteiger partial charge in [0.2, 0.25) is 0 Å². The highest BCUT2D eigenvalue weighted by atomic mass is 16.3. The lowest BCUT2D eigenvalue weighted by Gasteiger charge is -2.20. The average molecular weight is 349 g/mol. The Balaban J connectivity index is 1.58. The van der Waals surface area contributed by atoms with Gasteiger partial charge in [0.15, 0.2) is 5.65 Å². The van der Waals surface area contributed by atoms with Crippen LogP contribution in [-0.2, 0) is 13.5 Å². The number of aliphatic hydroxyl groups is 1. The van der Waals surface area contributed by atoms with Crippen LogP contribution in [-0.4, -0.2) is 31.0 Å². The van der Waals surface area contributed by atoms with Crippen molar-refractivity contribution in [2.24, 2.45) is 7.05 Å². The molecule has 0 saturated heterocycles. The molecule has 2 aromatic heterocycles. The Morgan fingerprint density at radius 2 is 1.96 bits per heavy atom. The van der Waals surface area contributed by atoms with Gasteiger partial charge in [-0.05, 0) is 24.0 Å².